The van der Waals surface area contributed by atoms with Crippen LogP contribution in [0.25, 0.3) is 33.6 Å². The maximum absolute atomic E-state index is 14.0. The van der Waals surface area contributed by atoms with Crippen LogP contribution < -0.4 is 0 Å². The number of esters is 1. The molecule has 5 aromatic rings. The summed E-state index contributed by atoms with van der Waals surface area (Å²) in [6.45, 7) is 26.5. The van der Waals surface area contributed by atoms with Crippen molar-refractivity contribution < 1.29 is 38.1 Å². The zero-order valence-electron chi connectivity index (χ0n) is 44.0. The number of imidazole rings is 2. The Morgan fingerprint density at radius 3 is 1.92 bits per heavy atom. The van der Waals surface area contributed by atoms with Crippen LogP contribution in [0.3, 0.4) is 0 Å². The predicted molar refractivity (Wildman–Crippen MR) is 283 cm³/mol. The number of carbonyl (C=O) groups excluding carboxylic acids is 3. The van der Waals surface area contributed by atoms with Gasteiger partial charge in [0, 0.05) is 59.8 Å². The van der Waals surface area contributed by atoms with Crippen LogP contribution in [0.1, 0.15) is 93.7 Å². The number of aromatic nitrogens is 4. The van der Waals surface area contributed by atoms with Crippen LogP contribution in [-0.2, 0) is 43.8 Å². The molecule has 0 radical (unpaired) electrons. The van der Waals surface area contributed by atoms with Crippen molar-refractivity contribution in [2.45, 2.75) is 143 Å². The monoisotopic (exact) mass is 1000 g/mol. The molecule has 3 atom stereocenters. The Hall–Kier alpha value is -5.56. The largest absolute Gasteiger partial charge is 0.461 e. The van der Waals surface area contributed by atoms with Crippen molar-refractivity contribution in [3.05, 3.63) is 108 Å². The van der Waals surface area contributed by atoms with Gasteiger partial charge >= 0.3 is 18.2 Å². The summed E-state index contributed by atoms with van der Waals surface area (Å²) in [6.07, 6.45) is 3.56. The smallest absolute Gasteiger partial charge is 0.410 e. The van der Waals surface area contributed by atoms with Gasteiger partial charge in [0.25, 0.3) is 0 Å². The number of amides is 2. The highest BCUT2D eigenvalue weighted by molar-refractivity contribution is 6.76. The lowest BCUT2D eigenvalue weighted by Crippen LogP contribution is -2.37. The summed E-state index contributed by atoms with van der Waals surface area (Å²) in [4.78, 5) is 55.2. The van der Waals surface area contributed by atoms with Crippen LogP contribution in [0.5, 0.6) is 0 Å². The number of likely N-dealkylation sites (tertiary alicyclic amines) is 2. The van der Waals surface area contributed by atoms with Gasteiger partial charge in [0.1, 0.15) is 43.0 Å². The van der Waals surface area contributed by atoms with Crippen molar-refractivity contribution in [2.24, 2.45) is 5.92 Å². The summed E-state index contributed by atoms with van der Waals surface area (Å²) in [6, 6.07) is 27.4. The second-order valence-corrected chi connectivity index (χ2v) is 33.7. The van der Waals surface area contributed by atoms with E-state index in [4.69, 9.17) is 33.7 Å². The van der Waals surface area contributed by atoms with Gasteiger partial charge in [-0.2, -0.15) is 0 Å². The van der Waals surface area contributed by atoms with Crippen LogP contribution in [0.4, 0.5) is 9.59 Å². The van der Waals surface area contributed by atoms with E-state index in [1.165, 1.54) is 0 Å². The van der Waals surface area contributed by atoms with Gasteiger partial charge in [-0.1, -0.05) is 125 Å². The summed E-state index contributed by atoms with van der Waals surface area (Å²) >= 11 is 0. The molecule has 71 heavy (non-hydrogen) atoms. The first kappa shape index (κ1) is 53.2. The highest BCUT2D eigenvalue weighted by atomic mass is 28.3. The maximum Gasteiger partial charge on any atom is 0.410 e. The molecule has 2 aliphatic heterocycles. The van der Waals surface area contributed by atoms with Gasteiger partial charge in [-0.15, -0.1) is 0 Å². The van der Waals surface area contributed by atoms with E-state index in [0.29, 0.717) is 56.7 Å². The molecule has 0 aliphatic carbocycles. The predicted octanol–water partition coefficient (Wildman–Crippen LogP) is 12.7. The molecule has 0 saturated carbocycles. The first-order valence-corrected chi connectivity index (χ1v) is 32.8. The fourth-order valence-corrected chi connectivity index (χ4v) is 10.5. The molecule has 0 spiro atoms. The van der Waals surface area contributed by atoms with Crippen molar-refractivity contribution in [2.75, 3.05) is 32.9 Å². The van der Waals surface area contributed by atoms with Crippen LogP contribution in [0, 0.1) is 5.92 Å². The van der Waals surface area contributed by atoms with E-state index in [2.05, 4.69) is 75.0 Å². The van der Waals surface area contributed by atoms with Gasteiger partial charge in [-0.3, -0.25) is 14.4 Å². The average Bonchev–Trinajstić information content (AvgIpc) is 4.13. The summed E-state index contributed by atoms with van der Waals surface area (Å²) in [5.74, 6) is 1.03. The molecule has 382 valence electrons. The Kier molecular flexibility index (Phi) is 17.2. The Morgan fingerprint density at radius 1 is 0.704 bits per heavy atom. The fraction of sp³-hybridized carbons (Fsp3) is 0.509. The van der Waals surface area contributed by atoms with Gasteiger partial charge in [-0.05, 0) is 81.7 Å². The zero-order chi connectivity index (χ0) is 51.1. The molecule has 7 rings (SSSR count). The molecule has 2 fully saturated rings. The Bertz CT molecular complexity index is 2580. The minimum Gasteiger partial charge on any atom is -0.461 e. The fourth-order valence-electron chi connectivity index (χ4n) is 9.00. The lowest BCUT2D eigenvalue weighted by Gasteiger charge is -2.28. The molecule has 4 heterocycles. The molecule has 14 nitrogen and oxygen atoms in total. The minimum absolute atomic E-state index is 0.0873. The number of hydrogen-bond donors (Lipinski definition) is 0. The number of rotatable bonds is 19. The summed E-state index contributed by atoms with van der Waals surface area (Å²) in [7, 11) is -2.71. The molecule has 3 aromatic carbocycles. The van der Waals surface area contributed by atoms with Crippen molar-refractivity contribution >= 4 is 34.3 Å². The van der Waals surface area contributed by atoms with E-state index in [0.717, 1.165) is 64.3 Å². The Morgan fingerprint density at radius 2 is 1.31 bits per heavy atom. The van der Waals surface area contributed by atoms with E-state index in [1.807, 2.05) is 86.1 Å². The summed E-state index contributed by atoms with van der Waals surface area (Å²) < 4.78 is 33.8. The molecule has 2 aliphatic rings. The van der Waals surface area contributed by atoms with Gasteiger partial charge in [0.15, 0.2) is 5.69 Å². The molecule has 2 unspecified atom stereocenters. The lowest BCUT2D eigenvalue weighted by molar-refractivity contribution is 0.0198. The zero-order valence-corrected chi connectivity index (χ0v) is 46.0. The number of benzene rings is 3. The average molecular weight is 1010 g/mol. The number of hydrogen-bond acceptors (Lipinski definition) is 10. The van der Waals surface area contributed by atoms with Gasteiger partial charge < -0.3 is 28.3 Å². The van der Waals surface area contributed by atoms with Crippen molar-refractivity contribution in [3.8, 4) is 33.6 Å². The first-order chi connectivity index (χ1) is 33.7. The Balaban J connectivity index is 1.16. The third-order valence-electron chi connectivity index (χ3n) is 12.8. The number of carbonyl (C=O) groups is 3. The van der Waals surface area contributed by atoms with E-state index in [1.54, 1.807) is 16.7 Å². The van der Waals surface area contributed by atoms with Crippen LogP contribution in [0.2, 0.25) is 51.4 Å². The van der Waals surface area contributed by atoms with Gasteiger partial charge in [-0.25, -0.2) is 24.4 Å². The molecule has 2 amide bonds. The summed E-state index contributed by atoms with van der Waals surface area (Å²) in [5, 5.41) is 0. The second kappa shape index (κ2) is 22.9. The van der Waals surface area contributed by atoms with Crippen LogP contribution in [-0.4, -0.2) is 102 Å². The highest BCUT2D eigenvalue weighted by Crippen LogP contribution is 2.40. The van der Waals surface area contributed by atoms with Crippen molar-refractivity contribution in [3.63, 3.8) is 0 Å². The van der Waals surface area contributed by atoms with Crippen molar-refractivity contribution in [1.29, 1.82) is 0 Å². The standard InChI is InChI=1S/C55H76N6O8Si2/c1-12-67-52(62)49-48(57-51(61(49)38-66-30-32-71(9,10)11)47-33-39(2)34-60(47)54(64)69-55(3,4)5)44-26-22-42(23-27-44)41-20-24-43(25-21-41)45-35-58(37-65-29-31-70(6,7)8)50(56-45)46-19-16-28-59(46)53(63)68-36-40-17-14-13-15-18-40/h13-15,17-18,20-27,35,39,46-47H,12,16,19,28-34,36-38H2,1-11H3/t39?,46-,47?/m0/s1. The quantitative estimate of drug-likeness (QED) is 0.0340. The van der Waals surface area contributed by atoms with E-state index < -0.39 is 39.9 Å². The van der Waals surface area contributed by atoms with Crippen LogP contribution >= 0.6 is 0 Å². The third-order valence-corrected chi connectivity index (χ3v) is 16.2. The van der Waals surface area contributed by atoms with Crippen LogP contribution in [0.15, 0.2) is 85.1 Å². The molecule has 2 aromatic heterocycles. The topological polar surface area (TPSA) is 139 Å². The van der Waals surface area contributed by atoms with E-state index in [9.17, 15) is 14.4 Å². The van der Waals surface area contributed by atoms with E-state index >= 15 is 0 Å². The highest BCUT2D eigenvalue weighted by Gasteiger charge is 2.41. The number of ether oxygens (including phenoxy) is 5. The van der Waals surface area contributed by atoms with Gasteiger partial charge in [0.2, 0.25) is 0 Å². The Labute approximate surface area is 423 Å². The van der Waals surface area contributed by atoms with Gasteiger partial charge in [0.05, 0.1) is 24.4 Å². The normalized spacial score (nSPS) is 17.5. The lowest BCUT2D eigenvalue weighted by atomic mass is 10.0. The molecular formula is C55H76N6O8Si2. The van der Waals surface area contributed by atoms with E-state index in [-0.39, 0.29) is 38.0 Å². The maximum atomic E-state index is 14.0. The third kappa shape index (κ3) is 14.1. The second-order valence-electron chi connectivity index (χ2n) is 22.5. The molecule has 0 N–H and O–H groups in total. The molecule has 2 saturated heterocycles. The molecule has 16 heteroatoms. The SMILES string of the molecule is CCOC(=O)c1c(-c2ccc(-c3ccc(-c4cn(COCC[Si](C)(C)C)c([C@@H]5CCCN5C(=O)OCc5ccccc5)n4)cc3)cc2)nc(C2CC(C)CN2C(=O)OC(C)(C)C)n1COCC[Si](C)(C)C. The van der Waals surface area contributed by atoms with Crippen molar-refractivity contribution in [1.82, 2.24) is 28.9 Å². The number of nitrogens with zero attached hydrogens (tertiary/aromatic N) is 6. The minimum atomic E-state index is -1.41. The molecular weight excluding hydrogens is 929 g/mol. The molecule has 0 bridgehead atoms. The first-order valence-electron chi connectivity index (χ1n) is 25.4. The summed E-state index contributed by atoms with van der Waals surface area (Å²) in [5.41, 5.74) is 5.47.